The van der Waals surface area contributed by atoms with Crippen molar-refractivity contribution in [2.75, 3.05) is 32.3 Å². The van der Waals surface area contributed by atoms with Gasteiger partial charge < -0.3 is 14.4 Å². The van der Waals surface area contributed by atoms with Crippen LogP contribution in [0.5, 0.6) is 11.5 Å². The maximum atomic E-state index is 13.4. The minimum absolute atomic E-state index is 0.0384. The Morgan fingerprint density at radius 3 is 2.63 bits per heavy atom. The molecule has 1 fully saturated rings. The number of benzene rings is 2. The number of carbonyl (C=O) groups is 2. The second kappa shape index (κ2) is 8.31. The van der Waals surface area contributed by atoms with Gasteiger partial charge in [0.15, 0.2) is 0 Å². The molecule has 1 aliphatic heterocycles. The summed E-state index contributed by atoms with van der Waals surface area (Å²) in [6.07, 6.45) is 1.30. The standard InChI is InChI=1S/C20H21ClN2O4/c1-26-16-8-9-17(18(12-16)27-2)20(25)23(13-22-10-4-7-19(22)24)15-6-3-5-14(21)11-15/h3,5-6,8-9,11-12H,4,7,10,13H2,1-2H3. The predicted molar refractivity (Wildman–Crippen MR) is 104 cm³/mol. The molecule has 27 heavy (non-hydrogen) atoms. The first-order valence-corrected chi connectivity index (χ1v) is 8.98. The van der Waals surface area contributed by atoms with Crippen LogP contribution < -0.4 is 14.4 Å². The highest BCUT2D eigenvalue weighted by Crippen LogP contribution is 2.29. The zero-order valence-electron chi connectivity index (χ0n) is 15.3. The molecule has 0 N–H and O–H groups in total. The molecule has 0 aliphatic carbocycles. The molecule has 7 heteroatoms. The fraction of sp³-hybridized carbons (Fsp3) is 0.300. The summed E-state index contributed by atoms with van der Waals surface area (Å²) < 4.78 is 10.6. The number of anilines is 1. The summed E-state index contributed by atoms with van der Waals surface area (Å²) in [7, 11) is 3.05. The molecular formula is C20H21ClN2O4. The van der Waals surface area contributed by atoms with E-state index in [1.165, 1.54) is 7.11 Å². The molecule has 0 aromatic heterocycles. The summed E-state index contributed by atoms with van der Waals surface area (Å²) in [5.74, 6) is 0.750. The predicted octanol–water partition coefficient (Wildman–Crippen LogP) is 3.58. The molecule has 1 saturated heterocycles. The van der Waals surface area contributed by atoms with Gasteiger partial charge in [0.1, 0.15) is 18.2 Å². The maximum Gasteiger partial charge on any atom is 0.263 e. The summed E-state index contributed by atoms with van der Waals surface area (Å²) in [4.78, 5) is 28.7. The third-order valence-electron chi connectivity index (χ3n) is 4.49. The largest absolute Gasteiger partial charge is 0.497 e. The van der Waals surface area contributed by atoms with Crippen molar-refractivity contribution in [1.29, 1.82) is 0 Å². The fourth-order valence-corrected chi connectivity index (χ4v) is 3.24. The normalized spacial score (nSPS) is 13.6. The van der Waals surface area contributed by atoms with Crippen molar-refractivity contribution in [2.24, 2.45) is 0 Å². The van der Waals surface area contributed by atoms with E-state index >= 15 is 0 Å². The van der Waals surface area contributed by atoms with Crippen LogP contribution in [0, 0.1) is 0 Å². The molecule has 142 valence electrons. The number of likely N-dealkylation sites (tertiary alicyclic amines) is 1. The average molecular weight is 389 g/mol. The average Bonchev–Trinajstić information content (AvgIpc) is 3.09. The lowest BCUT2D eigenvalue weighted by atomic mass is 10.1. The molecule has 0 atom stereocenters. The van der Waals surface area contributed by atoms with Crippen molar-refractivity contribution in [3.63, 3.8) is 0 Å². The third-order valence-corrected chi connectivity index (χ3v) is 4.72. The van der Waals surface area contributed by atoms with E-state index in [4.69, 9.17) is 21.1 Å². The van der Waals surface area contributed by atoms with Crippen LogP contribution in [0.15, 0.2) is 42.5 Å². The van der Waals surface area contributed by atoms with E-state index in [9.17, 15) is 9.59 Å². The monoisotopic (exact) mass is 388 g/mol. The quantitative estimate of drug-likeness (QED) is 0.758. The van der Waals surface area contributed by atoms with Gasteiger partial charge in [-0.2, -0.15) is 0 Å². The van der Waals surface area contributed by atoms with E-state index < -0.39 is 0 Å². The Balaban J connectivity index is 1.99. The van der Waals surface area contributed by atoms with Crippen molar-refractivity contribution >= 4 is 29.1 Å². The zero-order valence-corrected chi connectivity index (χ0v) is 16.0. The topological polar surface area (TPSA) is 59.1 Å². The smallest absolute Gasteiger partial charge is 0.263 e. The van der Waals surface area contributed by atoms with Gasteiger partial charge in [-0.3, -0.25) is 14.5 Å². The first-order chi connectivity index (χ1) is 13.0. The molecule has 2 amide bonds. The third kappa shape index (κ3) is 4.17. The molecule has 1 heterocycles. The van der Waals surface area contributed by atoms with Gasteiger partial charge in [0.05, 0.1) is 19.8 Å². The van der Waals surface area contributed by atoms with Gasteiger partial charge in [0.25, 0.3) is 5.91 Å². The summed E-state index contributed by atoms with van der Waals surface area (Å²) in [5, 5.41) is 0.514. The number of halogens is 1. The molecule has 1 aliphatic rings. The van der Waals surface area contributed by atoms with E-state index in [1.54, 1.807) is 59.4 Å². The summed E-state index contributed by atoms with van der Waals surface area (Å²) in [6.45, 7) is 0.788. The van der Waals surface area contributed by atoms with Crippen LogP contribution >= 0.6 is 11.6 Å². The molecule has 0 spiro atoms. The highest BCUT2D eigenvalue weighted by atomic mass is 35.5. The molecule has 0 bridgehead atoms. The number of nitrogens with zero attached hydrogens (tertiary/aromatic N) is 2. The Labute approximate surface area is 163 Å². The Bertz CT molecular complexity index is 856. The van der Waals surface area contributed by atoms with E-state index in [1.807, 2.05) is 0 Å². The van der Waals surface area contributed by atoms with Crippen LogP contribution in [0.2, 0.25) is 5.02 Å². The first-order valence-electron chi connectivity index (χ1n) is 8.60. The molecule has 0 radical (unpaired) electrons. The highest BCUT2D eigenvalue weighted by molar-refractivity contribution is 6.31. The van der Waals surface area contributed by atoms with Crippen molar-refractivity contribution in [3.05, 3.63) is 53.1 Å². The fourth-order valence-electron chi connectivity index (χ4n) is 3.05. The van der Waals surface area contributed by atoms with Gasteiger partial charge in [-0.15, -0.1) is 0 Å². The van der Waals surface area contributed by atoms with E-state index in [2.05, 4.69) is 0 Å². The lowest BCUT2D eigenvalue weighted by Crippen LogP contribution is -2.42. The Kier molecular flexibility index (Phi) is 5.86. The van der Waals surface area contributed by atoms with E-state index in [0.717, 1.165) is 6.42 Å². The Morgan fingerprint density at radius 1 is 1.19 bits per heavy atom. The van der Waals surface area contributed by atoms with Crippen LogP contribution in [-0.4, -0.2) is 44.1 Å². The number of amides is 2. The summed E-state index contributed by atoms with van der Waals surface area (Å²) in [6, 6.07) is 12.0. The van der Waals surface area contributed by atoms with Crippen molar-refractivity contribution < 1.29 is 19.1 Å². The molecular weight excluding hydrogens is 368 g/mol. The van der Waals surface area contributed by atoms with Gasteiger partial charge in [0, 0.05) is 29.7 Å². The minimum atomic E-state index is -0.281. The van der Waals surface area contributed by atoms with E-state index in [0.29, 0.717) is 40.7 Å². The van der Waals surface area contributed by atoms with Gasteiger partial charge in [-0.25, -0.2) is 0 Å². The van der Waals surface area contributed by atoms with Crippen molar-refractivity contribution in [3.8, 4) is 11.5 Å². The van der Waals surface area contributed by atoms with Crippen LogP contribution in [0.4, 0.5) is 5.69 Å². The molecule has 2 aromatic carbocycles. The summed E-state index contributed by atoms with van der Waals surface area (Å²) in [5.41, 5.74) is 0.995. The SMILES string of the molecule is COc1ccc(C(=O)N(CN2CCCC2=O)c2cccc(Cl)c2)c(OC)c1. The number of methoxy groups -OCH3 is 2. The van der Waals surface area contributed by atoms with Gasteiger partial charge in [-0.05, 0) is 36.8 Å². The lowest BCUT2D eigenvalue weighted by Gasteiger charge is -2.28. The van der Waals surface area contributed by atoms with Gasteiger partial charge in [0.2, 0.25) is 5.91 Å². The number of ether oxygens (including phenoxy) is 2. The van der Waals surface area contributed by atoms with Gasteiger partial charge >= 0.3 is 0 Å². The van der Waals surface area contributed by atoms with Crippen LogP contribution in [0.25, 0.3) is 0 Å². The number of rotatable bonds is 6. The number of hydrogen-bond donors (Lipinski definition) is 0. The second-order valence-corrected chi connectivity index (χ2v) is 6.62. The minimum Gasteiger partial charge on any atom is -0.497 e. The maximum absolute atomic E-state index is 13.4. The second-order valence-electron chi connectivity index (χ2n) is 6.18. The molecule has 0 unspecified atom stereocenters. The van der Waals surface area contributed by atoms with Crippen molar-refractivity contribution in [1.82, 2.24) is 4.90 Å². The summed E-state index contributed by atoms with van der Waals surface area (Å²) >= 11 is 6.12. The molecule has 3 rings (SSSR count). The Hall–Kier alpha value is -2.73. The van der Waals surface area contributed by atoms with Gasteiger partial charge in [-0.1, -0.05) is 17.7 Å². The zero-order chi connectivity index (χ0) is 19.4. The highest BCUT2D eigenvalue weighted by Gasteiger charge is 2.28. The lowest BCUT2D eigenvalue weighted by molar-refractivity contribution is -0.127. The first kappa shape index (κ1) is 19.0. The van der Waals surface area contributed by atoms with Crippen molar-refractivity contribution in [2.45, 2.75) is 12.8 Å². The van der Waals surface area contributed by atoms with Crippen LogP contribution in [-0.2, 0) is 4.79 Å². The molecule has 6 nitrogen and oxygen atoms in total. The number of carbonyl (C=O) groups excluding carboxylic acids is 2. The number of hydrogen-bond acceptors (Lipinski definition) is 4. The molecule has 2 aromatic rings. The molecule has 0 saturated carbocycles. The Morgan fingerprint density at radius 2 is 2.00 bits per heavy atom. The van der Waals surface area contributed by atoms with E-state index in [-0.39, 0.29) is 18.5 Å². The van der Waals surface area contributed by atoms with Crippen LogP contribution in [0.1, 0.15) is 23.2 Å². The van der Waals surface area contributed by atoms with Crippen LogP contribution in [0.3, 0.4) is 0 Å².